The number of rotatable bonds is 1. The second-order valence-corrected chi connectivity index (χ2v) is 7.21. The first kappa shape index (κ1) is 13.3. The predicted octanol–water partition coefficient (Wildman–Crippen LogP) is 1.80. The molecule has 1 amide bonds. The molecule has 120 valence electrons. The molecule has 5 rings (SSSR count). The van der Waals surface area contributed by atoms with Gasteiger partial charge < -0.3 is 14.8 Å². The molecule has 2 aromatic rings. The fraction of sp³-hybridized carbons (Fsp3) is 0.588. The molecule has 3 saturated heterocycles. The lowest BCUT2D eigenvalue weighted by molar-refractivity contribution is -0.142. The lowest BCUT2D eigenvalue weighted by Crippen LogP contribution is -2.60. The monoisotopic (exact) mass is 311 g/mol. The molecule has 0 aromatic carbocycles. The van der Waals surface area contributed by atoms with Crippen LogP contribution in [0.3, 0.4) is 0 Å². The van der Waals surface area contributed by atoms with Gasteiger partial charge >= 0.3 is 0 Å². The summed E-state index contributed by atoms with van der Waals surface area (Å²) in [5, 5.41) is 1.10. The van der Waals surface area contributed by atoms with E-state index in [9.17, 15) is 4.79 Å². The van der Waals surface area contributed by atoms with Crippen LogP contribution in [0.5, 0.6) is 0 Å². The fourth-order valence-electron chi connectivity index (χ4n) is 4.89. The number of fused-ring (bicyclic) bond motifs is 5. The molecule has 23 heavy (non-hydrogen) atoms. The van der Waals surface area contributed by atoms with Crippen molar-refractivity contribution in [2.75, 3.05) is 24.5 Å². The third-order valence-corrected chi connectivity index (χ3v) is 5.81. The number of carbonyl (C=O) groups is 1. The first-order valence-corrected chi connectivity index (χ1v) is 8.62. The van der Waals surface area contributed by atoms with Crippen LogP contribution < -0.4 is 4.90 Å². The first-order valence-electron chi connectivity index (χ1n) is 8.62. The SMILES string of the molecule is O=C1CCC[C@H]2[C@@H]3C[C@H](CN(c4ncnc5[nH]ccc45)C3)CN12. The van der Waals surface area contributed by atoms with Crippen LogP contribution in [0, 0.1) is 11.8 Å². The average molecular weight is 311 g/mol. The number of aromatic nitrogens is 3. The van der Waals surface area contributed by atoms with E-state index in [1.807, 2.05) is 6.20 Å². The van der Waals surface area contributed by atoms with Gasteiger partial charge in [0.1, 0.15) is 17.8 Å². The molecule has 2 aromatic heterocycles. The molecule has 6 nitrogen and oxygen atoms in total. The van der Waals surface area contributed by atoms with Crippen molar-refractivity contribution in [2.24, 2.45) is 11.8 Å². The fourth-order valence-corrected chi connectivity index (χ4v) is 4.89. The smallest absolute Gasteiger partial charge is 0.222 e. The van der Waals surface area contributed by atoms with Gasteiger partial charge in [0.2, 0.25) is 5.91 Å². The number of aromatic amines is 1. The molecule has 0 unspecified atom stereocenters. The Labute approximate surface area is 134 Å². The van der Waals surface area contributed by atoms with Crippen LogP contribution in [0.4, 0.5) is 5.82 Å². The normalized spacial score (nSPS) is 30.6. The molecule has 3 aliphatic heterocycles. The summed E-state index contributed by atoms with van der Waals surface area (Å²) in [6.07, 6.45) is 7.79. The van der Waals surface area contributed by atoms with Crippen molar-refractivity contribution in [3.05, 3.63) is 18.6 Å². The number of H-pyrrole nitrogens is 1. The zero-order valence-corrected chi connectivity index (χ0v) is 13.1. The highest BCUT2D eigenvalue weighted by molar-refractivity contribution is 5.87. The Morgan fingerprint density at radius 3 is 3.13 bits per heavy atom. The third kappa shape index (κ3) is 2.04. The van der Waals surface area contributed by atoms with Gasteiger partial charge in [-0.3, -0.25) is 4.79 Å². The highest BCUT2D eigenvalue weighted by atomic mass is 16.2. The van der Waals surface area contributed by atoms with Crippen LogP contribution >= 0.6 is 0 Å². The Kier molecular flexibility index (Phi) is 2.87. The van der Waals surface area contributed by atoms with Crippen LogP contribution in [0.15, 0.2) is 18.6 Å². The molecule has 3 fully saturated rings. The second-order valence-electron chi connectivity index (χ2n) is 7.21. The highest BCUT2D eigenvalue weighted by Crippen LogP contribution is 2.39. The maximum atomic E-state index is 12.2. The highest BCUT2D eigenvalue weighted by Gasteiger charge is 2.44. The van der Waals surface area contributed by atoms with Gasteiger partial charge in [-0.25, -0.2) is 9.97 Å². The van der Waals surface area contributed by atoms with E-state index in [-0.39, 0.29) is 0 Å². The molecule has 0 radical (unpaired) electrons. The van der Waals surface area contributed by atoms with Gasteiger partial charge in [0, 0.05) is 38.3 Å². The number of piperidine rings is 3. The van der Waals surface area contributed by atoms with Crippen LogP contribution in [0.25, 0.3) is 11.0 Å². The van der Waals surface area contributed by atoms with Crippen molar-refractivity contribution in [2.45, 2.75) is 31.7 Å². The topological polar surface area (TPSA) is 65.1 Å². The van der Waals surface area contributed by atoms with Crippen molar-refractivity contribution in [3.63, 3.8) is 0 Å². The Hall–Kier alpha value is -2.11. The molecule has 6 heteroatoms. The van der Waals surface area contributed by atoms with Crippen LogP contribution in [0.2, 0.25) is 0 Å². The molecule has 5 heterocycles. The largest absolute Gasteiger partial charge is 0.355 e. The zero-order chi connectivity index (χ0) is 15.4. The number of amides is 1. The summed E-state index contributed by atoms with van der Waals surface area (Å²) < 4.78 is 0. The first-order chi connectivity index (χ1) is 11.3. The summed E-state index contributed by atoms with van der Waals surface area (Å²) in [5.74, 6) is 2.56. The van der Waals surface area contributed by atoms with E-state index in [1.54, 1.807) is 6.33 Å². The van der Waals surface area contributed by atoms with Crippen molar-refractivity contribution in [1.82, 2.24) is 19.9 Å². The van der Waals surface area contributed by atoms with E-state index in [2.05, 4.69) is 30.8 Å². The van der Waals surface area contributed by atoms with Gasteiger partial charge in [-0.2, -0.15) is 0 Å². The summed E-state index contributed by atoms with van der Waals surface area (Å²) in [6, 6.07) is 2.50. The van der Waals surface area contributed by atoms with Crippen LogP contribution in [0.1, 0.15) is 25.7 Å². The summed E-state index contributed by atoms with van der Waals surface area (Å²) in [5.41, 5.74) is 0.903. The van der Waals surface area contributed by atoms with Gasteiger partial charge in [0.05, 0.1) is 5.39 Å². The minimum atomic E-state index is 0.375. The van der Waals surface area contributed by atoms with Crippen molar-refractivity contribution in [1.29, 1.82) is 0 Å². The average Bonchev–Trinajstić information content (AvgIpc) is 3.04. The number of hydrogen-bond donors (Lipinski definition) is 1. The number of nitrogens with zero attached hydrogens (tertiary/aromatic N) is 4. The predicted molar refractivity (Wildman–Crippen MR) is 87.1 cm³/mol. The standard InChI is InChI=1S/C17H21N5O/c23-15-3-1-2-14-12-6-11(8-22(14)15)7-21(9-12)17-13-4-5-18-16(13)19-10-20-17/h4-5,10-12,14H,1-3,6-9H2,(H,18,19,20)/t11-,12-,14+/m1/s1. The molecular formula is C17H21N5O. The zero-order valence-electron chi connectivity index (χ0n) is 13.1. The summed E-state index contributed by atoms with van der Waals surface area (Å²) >= 11 is 0. The molecule has 2 bridgehead atoms. The quantitative estimate of drug-likeness (QED) is 0.872. The maximum Gasteiger partial charge on any atom is 0.222 e. The minimum absolute atomic E-state index is 0.375. The van der Waals surface area contributed by atoms with Gasteiger partial charge in [0.15, 0.2) is 0 Å². The third-order valence-electron chi connectivity index (χ3n) is 5.81. The summed E-state index contributed by atoms with van der Waals surface area (Å²) in [4.78, 5) is 28.9. The molecule has 0 saturated carbocycles. The van der Waals surface area contributed by atoms with Gasteiger partial charge in [-0.15, -0.1) is 0 Å². The number of anilines is 1. The van der Waals surface area contributed by atoms with Gasteiger partial charge in [0.25, 0.3) is 0 Å². The van der Waals surface area contributed by atoms with E-state index >= 15 is 0 Å². The molecule has 1 N–H and O–H groups in total. The van der Waals surface area contributed by atoms with E-state index in [4.69, 9.17) is 0 Å². The Bertz CT molecular complexity index is 756. The molecule has 3 atom stereocenters. The second kappa shape index (κ2) is 4.94. The van der Waals surface area contributed by atoms with Crippen molar-refractivity contribution < 1.29 is 4.79 Å². The van der Waals surface area contributed by atoms with E-state index in [1.165, 1.54) is 12.8 Å². The molecule has 0 spiro atoms. The van der Waals surface area contributed by atoms with Crippen molar-refractivity contribution >= 4 is 22.8 Å². The van der Waals surface area contributed by atoms with E-state index < -0.39 is 0 Å². The Balaban J connectivity index is 1.47. The minimum Gasteiger partial charge on any atom is -0.355 e. The van der Waals surface area contributed by atoms with E-state index in [0.717, 1.165) is 49.3 Å². The number of nitrogens with one attached hydrogen (secondary N) is 1. The van der Waals surface area contributed by atoms with Crippen LogP contribution in [-0.4, -0.2) is 51.4 Å². The molecular weight excluding hydrogens is 290 g/mol. The summed E-state index contributed by atoms with van der Waals surface area (Å²) in [6.45, 7) is 2.92. The lowest BCUT2D eigenvalue weighted by atomic mass is 9.76. The summed E-state index contributed by atoms with van der Waals surface area (Å²) in [7, 11) is 0. The van der Waals surface area contributed by atoms with Crippen LogP contribution in [-0.2, 0) is 4.79 Å². The Morgan fingerprint density at radius 1 is 1.22 bits per heavy atom. The maximum absolute atomic E-state index is 12.2. The molecule has 0 aliphatic carbocycles. The van der Waals surface area contributed by atoms with Gasteiger partial charge in [-0.1, -0.05) is 0 Å². The Morgan fingerprint density at radius 2 is 2.17 bits per heavy atom. The number of hydrogen-bond acceptors (Lipinski definition) is 4. The van der Waals surface area contributed by atoms with Gasteiger partial charge in [-0.05, 0) is 37.2 Å². The van der Waals surface area contributed by atoms with E-state index in [0.29, 0.717) is 23.8 Å². The lowest BCUT2D eigenvalue weighted by Gasteiger charge is -2.52. The number of carbonyl (C=O) groups excluding carboxylic acids is 1. The van der Waals surface area contributed by atoms with Crippen molar-refractivity contribution in [3.8, 4) is 0 Å². The molecule has 3 aliphatic rings.